The number of nitrogens with one attached hydrogen (secondary N) is 1. The van der Waals surface area contributed by atoms with E-state index < -0.39 is 0 Å². The average Bonchev–Trinajstić information content (AvgIpc) is 2.96. The molecule has 1 aliphatic rings. The molecule has 1 heterocycles. The van der Waals surface area contributed by atoms with Gasteiger partial charge in [-0.3, -0.25) is 0 Å². The van der Waals surface area contributed by atoms with Crippen LogP contribution in [0.5, 0.6) is 0 Å². The molecule has 1 saturated heterocycles. The third-order valence-electron chi connectivity index (χ3n) is 5.47. The number of nitrogens with zero attached hydrogens (tertiary/aromatic N) is 3. The van der Waals surface area contributed by atoms with E-state index in [0.29, 0.717) is 5.69 Å². The first-order valence-electron chi connectivity index (χ1n) is 9.89. The minimum Gasteiger partial charge on any atom is -0.381 e. The van der Waals surface area contributed by atoms with E-state index in [2.05, 4.69) is 69.5 Å². The summed E-state index contributed by atoms with van der Waals surface area (Å²) < 4.78 is 0. The van der Waals surface area contributed by atoms with E-state index in [0.717, 1.165) is 37.3 Å². The Balaban J connectivity index is 1.41. The fourth-order valence-corrected chi connectivity index (χ4v) is 3.76. The zero-order valence-corrected chi connectivity index (χ0v) is 16.4. The summed E-state index contributed by atoms with van der Waals surface area (Å²) in [5.74, 6) is 0. The number of fused-ring (bicyclic) bond motifs is 1. The summed E-state index contributed by atoms with van der Waals surface area (Å²) >= 11 is 0. The van der Waals surface area contributed by atoms with Crippen molar-refractivity contribution in [3.05, 3.63) is 77.6 Å². The molecule has 0 atom stereocenters. The molecule has 1 aliphatic heterocycles. The summed E-state index contributed by atoms with van der Waals surface area (Å²) in [4.78, 5) is 8.41. The Kier molecular flexibility index (Phi) is 5.45. The normalized spacial score (nSPS) is 15.2. The zero-order valence-electron chi connectivity index (χ0n) is 16.4. The smallest absolute Gasteiger partial charge is 0.187 e. The molecule has 3 aromatic carbocycles. The molecule has 142 valence electrons. The van der Waals surface area contributed by atoms with Gasteiger partial charge in [-0.2, -0.15) is 0 Å². The molecule has 4 nitrogen and oxygen atoms in total. The molecule has 0 radical (unpaired) electrons. The molecule has 4 rings (SSSR count). The summed E-state index contributed by atoms with van der Waals surface area (Å²) in [6.45, 7) is 12.5. The van der Waals surface area contributed by atoms with E-state index in [1.807, 2.05) is 18.2 Å². The molecule has 4 heteroatoms. The first-order chi connectivity index (χ1) is 13.7. The van der Waals surface area contributed by atoms with Gasteiger partial charge < -0.3 is 15.1 Å². The van der Waals surface area contributed by atoms with E-state index in [9.17, 15) is 0 Å². The SMILES string of the molecule is [C-]#[N+]c1ccc2ccc(CNc3ccc(N4CCCN(C)CC4)cc3)cc2c1. The number of likely N-dealkylation sites (N-methyl/N-ethyl adjacent to an activating group) is 1. The highest BCUT2D eigenvalue weighted by Gasteiger charge is 2.12. The van der Waals surface area contributed by atoms with E-state index in [-0.39, 0.29) is 0 Å². The number of hydrogen-bond acceptors (Lipinski definition) is 3. The molecule has 3 aromatic rings. The van der Waals surface area contributed by atoms with Crippen LogP contribution in [0.1, 0.15) is 12.0 Å². The molecule has 0 bridgehead atoms. The van der Waals surface area contributed by atoms with Crippen LogP contribution >= 0.6 is 0 Å². The van der Waals surface area contributed by atoms with Crippen LogP contribution < -0.4 is 10.2 Å². The van der Waals surface area contributed by atoms with E-state index in [1.165, 1.54) is 29.6 Å². The number of hydrogen-bond donors (Lipinski definition) is 1. The standard InChI is InChI=1S/C24H26N4/c1-25-23-7-6-20-5-4-19(16-21(20)17-23)18-26-22-8-10-24(11-9-22)28-13-3-12-27(2)14-15-28/h4-11,16-17,26H,3,12-15,18H2,2H3. The van der Waals surface area contributed by atoms with E-state index >= 15 is 0 Å². The van der Waals surface area contributed by atoms with Crippen molar-refractivity contribution in [1.29, 1.82) is 0 Å². The summed E-state index contributed by atoms with van der Waals surface area (Å²) in [5, 5.41) is 5.81. The van der Waals surface area contributed by atoms with Crippen LogP contribution in [0.2, 0.25) is 0 Å². The van der Waals surface area contributed by atoms with Crippen LogP contribution in [-0.2, 0) is 6.54 Å². The van der Waals surface area contributed by atoms with Crippen LogP contribution in [0.4, 0.5) is 17.1 Å². The highest BCUT2D eigenvalue weighted by molar-refractivity contribution is 5.86. The molecular weight excluding hydrogens is 344 g/mol. The monoisotopic (exact) mass is 370 g/mol. The van der Waals surface area contributed by atoms with Gasteiger partial charge in [0.25, 0.3) is 0 Å². The van der Waals surface area contributed by atoms with Crippen molar-refractivity contribution in [2.45, 2.75) is 13.0 Å². The van der Waals surface area contributed by atoms with Crippen LogP contribution in [0, 0.1) is 6.57 Å². The largest absolute Gasteiger partial charge is 0.381 e. The molecule has 0 spiro atoms. The molecule has 1 N–H and O–H groups in total. The lowest BCUT2D eigenvalue weighted by Crippen LogP contribution is -2.28. The maximum atomic E-state index is 7.19. The highest BCUT2D eigenvalue weighted by Crippen LogP contribution is 2.24. The van der Waals surface area contributed by atoms with Crippen LogP contribution in [0.25, 0.3) is 15.6 Å². The molecule has 0 aliphatic carbocycles. The van der Waals surface area contributed by atoms with Crippen molar-refractivity contribution in [3.8, 4) is 0 Å². The van der Waals surface area contributed by atoms with Gasteiger partial charge in [0.15, 0.2) is 5.69 Å². The minimum atomic E-state index is 0.688. The molecule has 1 fully saturated rings. The fourth-order valence-electron chi connectivity index (χ4n) is 3.76. The van der Waals surface area contributed by atoms with Crippen molar-refractivity contribution < 1.29 is 0 Å². The molecule has 28 heavy (non-hydrogen) atoms. The second-order valence-electron chi connectivity index (χ2n) is 7.52. The van der Waals surface area contributed by atoms with Crippen molar-refractivity contribution in [1.82, 2.24) is 4.90 Å². The third-order valence-corrected chi connectivity index (χ3v) is 5.47. The minimum absolute atomic E-state index is 0.688. The van der Waals surface area contributed by atoms with Gasteiger partial charge in [0.05, 0.1) is 6.57 Å². The summed E-state index contributed by atoms with van der Waals surface area (Å²) in [6, 6.07) is 21.1. The number of rotatable bonds is 4. The third kappa shape index (κ3) is 4.27. The Hall–Kier alpha value is -3.03. The van der Waals surface area contributed by atoms with Crippen molar-refractivity contribution in [3.63, 3.8) is 0 Å². The summed E-state index contributed by atoms with van der Waals surface area (Å²) in [7, 11) is 2.20. The Morgan fingerprint density at radius 2 is 1.71 bits per heavy atom. The predicted octanol–water partition coefficient (Wildman–Crippen LogP) is 5.14. The van der Waals surface area contributed by atoms with Gasteiger partial charge in [0, 0.05) is 37.6 Å². The zero-order chi connectivity index (χ0) is 19.3. The topological polar surface area (TPSA) is 22.9 Å². The van der Waals surface area contributed by atoms with Crippen molar-refractivity contribution in [2.24, 2.45) is 0 Å². The summed E-state index contributed by atoms with van der Waals surface area (Å²) in [5.41, 5.74) is 4.34. The molecule has 0 amide bonds. The van der Waals surface area contributed by atoms with Gasteiger partial charge in [-0.15, -0.1) is 0 Å². The molecular formula is C24H26N4. The first-order valence-corrected chi connectivity index (χ1v) is 9.89. The van der Waals surface area contributed by atoms with Crippen molar-refractivity contribution in [2.75, 3.05) is 43.4 Å². The van der Waals surface area contributed by atoms with Gasteiger partial charge in [-0.05, 0) is 66.7 Å². The lowest BCUT2D eigenvalue weighted by atomic mass is 10.1. The first kappa shape index (κ1) is 18.3. The van der Waals surface area contributed by atoms with Gasteiger partial charge in [-0.1, -0.05) is 30.3 Å². The number of anilines is 2. The van der Waals surface area contributed by atoms with E-state index in [1.54, 1.807) is 0 Å². The lowest BCUT2D eigenvalue weighted by molar-refractivity contribution is 0.360. The quantitative estimate of drug-likeness (QED) is 0.643. The van der Waals surface area contributed by atoms with Crippen molar-refractivity contribution >= 4 is 27.8 Å². The van der Waals surface area contributed by atoms with Crippen LogP contribution in [-0.4, -0.2) is 38.1 Å². The Morgan fingerprint density at radius 1 is 0.893 bits per heavy atom. The molecule has 0 aromatic heterocycles. The predicted molar refractivity (Wildman–Crippen MR) is 118 cm³/mol. The maximum absolute atomic E-state index is 7.19. The Morgan fingerprint density at radius 3 is 2.54 bits per heavy atom. The van der Waals surface area contributed by atoms with Gasteiger partial charge >= 0.3 is 0 Å². The maximum Gasteiger partial charge on any atom is 0.187 e. The number of benzene rings is 3. The molecule has 0 saturated carbocycles. The highest BCUT2D eigenvalue weighted by atomic mass is 15.2. The van der Waals surface area contributed by atoms with Crippen LogP contribution in [0.3, 0.4) is 0 Å². The fraction of sp³-hybridized carbons (Fsp3) is 0.292. The Bertz CT molecular complexity index is 988. The second-order valence-corrected chi connectivity index (χ2v) is 7.52. The molecule has 0 unspecified atom stereocenters. The van der Waals surface area contributed by atoms with Gasteiger partial charge in [0.2, 0.25) is 0 Å². The Labute approximate surface area is 167 Å². The lowest BCUT2D eigenvalue weighted by Gasteiger charge is -2.23. The van der Waals surface area contributed by atoms with Gasteiger partial charge in [-0.25, -0.2) is 4.85 Å². The summed E-state index contributed by atoms with van der Waals surface area (Å²) in [6.07, 6.45) is 1.22. The average molecular weight is 371 g/mol. The van der Waals surface area contributed by atoms with Crippen LogP contribution in [0.15, 0.2) is 60.7 Å². The van der Waals surface area contributed by atoms with E-state index in [4.69, 9.17) is 6.57 Å². The van der Waals surface area contributed by atoms with Gasteiger partial charge in [0.1, 0.15) is 0 Å². The second kappa shape index (κ2) is 8.33.